The second kappa shape index (κ2) is 16.0. The number of aromatic nitrogens is 7. The van der Waals surface area contributed by atoms with E-state index < -0.39 is 42.1 Å². The fraction of sp³-hybridized carbons (Fsp3) is 0.214. The highest BCUT2D eigenvalue weighted by molar-refractivity contribution is 6.30. The molecule has 0 radical (unpaired) electrons. The number of aliphatic carboxylic acids is 3. The van der Waals surface area contributed by atoms with Gasteiger partial charge in [-0.1, -0.05) is 23.7 Å². The molecule has 4 aromatic heterocycles. The van der Waals surface area contributed by atoms with Crippen LogP contribution in [0.4, 0.5) is 42.5 Å². The van der Waals surface area contributed by atoms with Crippen molar-refractivity contribution in [3.05, 3.63) is 83.3 Å². The highest BCUT2D eigenvalue weighted by Crippen LogP contribution is 2.28. The first-order chi connectivity index (χ1) is 23.3. The summed E-state index contributed by atoms with van der Waals surface area (Å²) in [5, 5.41) is 39.8. The molecule has 0 bridgehead atoms. The molecule has 266 valence electrons. The van der Waals surface area contributed by atoms with Crippen molar-refractivity contribution in [3.63, 3.8) is 0 Å². The van der Waals surface area contributed by atoms with Crippen molar-refractivity contribution in [2.75, 3.05) is 5.32 Å². The summed E-state index contributed by atoms with van der Waals surface area (Å²) in [6, 6.07) is 13.5. The summed E-state index contributed by atoms with van der Waals surface area (Å²) in [4.78, 5) is 38.1. The lowest BCUT2D eigenvalue weighted by Crippen LogP contribution is -2.21. The van der Waals surface area contributed by atoms with Gasteiger partial charge in [0.25, 0.3) is 0 Å². The van der Waals surface area contributed by atoms with Crippen LogP contribution in [0.15, 0.2) is 60.9 Å². The Bertz CT molecular complexity index is 1940. The molecule has 0 amide bonds. The van der Waals surface area contributed by atoms with Crippen molar-refractivity contribution in [3.8, 4) is 11.3 Å². The predicted molar refractivity (Wildman–Crippen MR) is 158 cm³/mol. The Hall–Kier alpha value is -5.86. The number of hydrogen-bond donors (Lipinski definition) is 4. The fourth-order valence-electron chi connectivity index (χ4n) is 3.97. The average molecular weight is 735 g/mol. The molecule has 0 aliphatic heterocycles. The molecule has 4 heterocycles. The summed E-state index contributed by atoms with van der Waals surface area (Å²) in [7, 11) is 1.78. The Morgan fingerprint density at radius 3 is 2.02 bits per heavy atom. The number of benzene rings is 1. The molecule has 50 heavy (non-hydrogen) atoms. The first-order valence-electron chi connectivity index (χ1n) is 13.5. The summed E-state index contributed by atoms with van der Waals surface area (Å²) >= 11 is 5.96. The van der Waals surface area contributed by atoms with Gasteiger partial charge in [0.05, 0.1) is 18.3 Å². The number of halogens is 8. The van der Waals surface area contributed by atoms with E-state index in [4.69, 9.17) is 31.4 Å². The van der Waals surface area contributed by atoms with Gasteiger partial charge < -0.3 is 20.6 Å². The van der Waals surface area contributed by atoms with E-state index in [-0.39, 0.29) is 17.9 Å². The molecule has 0 saturated carbocycles. The van der Waals surface area contributed by atoms with Gasteiger partial charge >= 0.3 is 30.3 Å². The average Bonchev–Trinajstić information content (AvgIpc) is 3.63. The molecule has 0 spiro atoms. The van der Waals surface area contributed by atoms with E-state index in [1.54, 1.807) is 66.6 Å². The minimum Gasteiger partial charge on any atom is -0.481 e. The van der Waals surface area contributed by atoms with Crippen LogP contribution in [-0.4, -0.2) is 79.9 Å². The van der Waals surface area contributed by atoms with Crippen LogP contribution >= 0.6 is 11.6 Å². The lowest BCUT2D eigenvalue weighted by Gasteiger charge is -2.14. The first-order valence-corrected chi connectivity index (χ1v) is 13.8. The zero-order valence-electron chi connectivity index (χ0n) is 25.0. The van der Waals surface area contributed by atoms with Crippen LogP contribution in [-0.2, 0) is 27.9 Å². The first kappa shape index (κ1) is 38.6. The van der Waals surface area contributed by atoms with E-state index in [0.717, 1.165) is 5.56 Å². The van der Waals surface area contributed by atoms with E-state index in [1.807, 2.05) is 0 Å². The van der Waals surface area contributed by atoms with Gasteiger partial charge in [0, 0.05) is 41.9 Å². The molecule has 4 N–H and O–H groups in total. The van der Waals surface area contributed by atoms with Crippen LogP contribution in [0, 0.1) is 5.95 Å². The Kier molecular flexibility index (Phi) is 12.4. The Morgan fingerprint density at radius 2 is 1.50 bits per heavy atom. The molecule has 0 saturated heterocycles. The maximum absolute atomic E-state index is 15.4. The second-order valence-electron chi connectivity index (χ2n) is 9.78. The van der Waals surface area contributed by atoms with Crippen molar-refractivity contribution >= 4 is 46.9 Å². The van der Waals surface area contributed by atoms with Gasteiger partial charge in [-0.05, 0) is 36.2 Å². The summed E-state index contributed by atoms with van der Waals surface area (Å²) in [6.45, 7) is 0. The summed E-state index contributed by atoms with van der Waals surface area (Å²) in [5.74, 6) is -6.52. The maximum Gasteiger partial charge on any atom is 0.490 e. The third-order valence-electron chi connectivity index (χ3n) is 6.16. The number of hydrogen-bond acceptors (Lipinski definition) is 9. The predicted octanol–water partition coefficient (Wildman–Crippen LogP) is 5.52. The minimum atomic E-state index is -5.08. The van der Waals surface area contributed by atoms with Gasteiger partial charge in [0.15, 0.2) is 5.65 Å². The molecule has 1 atom stereocenters. The second-order valence-corrected chi connectivity index (χ2v) is 10.2. The standard InChI is InChI=1S/C24H20ClFN8O2.2C2HF3O2/c1-33-20(7-9-28-33)30-24-27-8-6-18(29-24)15-11-19(26)34-21(12-15)31-32-23(34)16(13-22(35)36)10-14-2-4-17(25)5-3-14;2*3-2(4,5)1(6)7/h2-9,11-12,16H,10,13H2,1H3,(H,35,36)(H,27,29,30);2*(H,6,7). The SMILES string of the molecule is Cn1nccc1Nc1nccc(-c2cc(F)n3c(C(CC(=O)O)Cc4ccc(Cl)cc4)nnc3c2)n1.O=C(O)C(F)(F)F.O=C(O)C(F)(F)F. The van der Waals surface area contributed by atoms with E-state index in [0.29, 0.717) is 34.5 Å². The molecule has 1 aromatic carbocycles. The van der Waals surface area contributed by atoms with Crippen LogP contribution in [0.5, 0.6) is 0 Å². The van der Waals surface area contributed by atoms with Crippen molar-refractivity contribution in [2.24, 2.45) is 7.05 Å². The quantitative estimate of drug-likeness (QED) is 0.115. The highest BCUT2D eigenvalue weighted by atomic mass is 35.5. The molecule has 0 aliphatic rings. The van der Waals surface area contributed by atoms with Crippen molar-refractivity contribution in [2.45, 2.75) is 31.1 Å². The monoisotopic (exact) mass is 734 g/mol. The van der Waals surface area contributed by atoms with Crippen LogP contribution < -0.4 is 5.32 Å². The molecule has 0 fully saturated rings. The Balaban J connectivity index is 0.000000408. The number of carbonyl (C=O) groups is 3. The zero-order valence-corrected chi connectivity index (χ0v) is 25.7. The number of carboxylic acids is 3. The van der Waals surface area contributed by atoms with Crippen molar-refractivity contribution in [1.82, 2.24) is 34.3 Å². The summed E-state index contributed by atoms with van der Waals surface area (Å²) in [5.41, 5.74) is 2.05. The molecule has 14 nitrogen and oxygen atoms in total. The third-order valence-corrected chi connectivity index (χ3v) is 6.42. The van der Waals surface area contributed by atoms with Crippen molar-refractivity contribution in [1.29, 1.82) is 0 Å². The molecule has 5 aromatic rings. The summed E-state index contributed by atoms with van der Waals surface area (Å²) in [6.07, 6.45) is -6.86. The molecule has 5 rings (SSSR count). The number of nitrogens with one attached hydrogen (secondary N) is 1. The number of rotatable bonds is 8. The number of nitrogens with zero attached hydrogens (tertiary/aromatic N) is 7. The van der Waals surface area contributed by atoms with E-state index >= 15 is 4.39 Å². The number of carboxylic acid groups (broad SMARTS) is 3. The number of anilines is 2. The smallest absolute Gasteiger partial charge is 0.481 e. The largest absolute Gasteiger partial charge is 0.490 e. The summed E-state index contributed by atoms with van der Waals surface area (Å²) < 4.78 is 81.8. The number of alkyl halides is 6. The number of pyridine rings is 1. The normalized spacial score (nSPS) is 11.9. The van der Waals surface area contributed by atoms with Gasteiger partial charge in [0.1, 0.15) is 11.6 Å². The lowest BCUT2D eigenvalue weighted by molar-refractivity contribution is -0.193. The number of fused-ring (bicyclic) bond motifs is 1. The van der Waals surface area contributed by atoms with Gasteiger partial charge in [-0.25, -0.2) is 19.6 Å². The van der Waals surface area contributed by atoms with Crippen molar-refractivity contribution < 1.29 is 60.4 Å². The van der Waals surface area contributed by atoms with Gasteiger partial charge in [-0.15, -0.1) is 10.2 Å². The van der Waals surface area contributed by atoms with Crippen LogP contribution in [0.2, 0.25) is 5.02 Å². The lowest BCUT2D eigenvalue weighted by atomic mass is 9.95. The van der Waals surface area contributed by atoms with E-state index in [2.05, 4.69) is 30.6 Å². The third kappa shape index (κ3) is 10.8. The fourth-order valence-corrected chi connectivity index (χ4v) is 4.09. The Labute approximate surface area is 279 Å². The van der Waals surface area contributed by atoms with Crippen LogP contribution in [0.1, 0.15) is 23.7 Å². The maximum atomic E-state index is 15.4. The van der Waals surface area contributed by atoms with Crippen LogP contribution in [0.25, 0.3) is 16.9 Å². The highest BCUT2D eigenvalue weighted by Gasteiger charge is 2.39. The topological polar surface area (TPSA) is 198 Å². The van der Waals surface area contributed by atoms with Gasteiger partial charge in [-0.3, -0.25) is 13.9 Å². The number of aryl methyl sites for hydroxylation is 1. The molecule has 1 unspecified atom stereocenters. The Morgan fingerprint density at radius 1 is 0.900 bits per heavy atom. The minimum absolute atomic E-state index is 0.229. The van der Waals surface area contributed by atoms with E-state index in [1.165, 1.54) is 10.5 Å². The molecular formula is C28H22ClF7N8O6. The molecule has 0 aliphatic carbocycles. The van der Waals surface area contributed by atoms with Gasteiger partial charge in [0.2, 0.25) is 11.9 Å². The molecule has 22 heteroatoms. The zero-order chi connectivity index (χ0) is 37.4. The van der Waals surface area contributed by atoms with Crippen LogP contribution in [0.3, 0.4) is 0 Å². The molecular weight excluding hydrogens is 713 g/mol. The van der Waals surface area contributed by atoms with Gasteiger partial charge in [-0.2, -0.15) is 35.8 Å². The van der Waals surface area contributed by atoms with E-state index in [9.17, 15) is 36.2 Å².